The second-order valence-corrected chi connectivity index (χ2v) is 8.79. The SMILES string of the molecule is NC(=O)c1nccc(Oc2ccc(CC(=O)c3c4c(cn(-c5ccc(F)cc5)c3=O)CCO4)cc2F)c1Cl. The number of nitrogens with zero attached hydrogens (tertiary/aromatic N) is 2. The van der Waals surface area contributed by atoms with E-state index in [2.05, 4.69) is 4.98 Å². The number of halogens is 3. The van der Waals surface area contributed by atoms with E-state index in [1.807, 2.05) is 0 Å². The monoisotopic (exact) mass is 537 g/mol. The first kappa shape index (κ1) is 25.1. The number of pyridine rings is 2. The largest absolute Gasteiger partial charge is 0.492 e. The number of rotatable bonds is 7. The lowest BCUT2D eigenvalue weighted by molar-refractivity contribution is 0.0982. The first-order valence-electron chi connectivity index (χ1n) is 11.3. The summed E-state index contributed by atoms with van der Waals surface area (Å²) in [5, 5.41) is -0.172. The summed E-state index contributed by atoms with van der Waals surface area (Å²) in [6.07, 6.45) is 3.02. The Balaban J connectivity index is 1.43. The third-order valence-corrected chi connectivity index (χ3v) is 6.27. The van der Waals surface area contributed by atoms with Crippen LogP contribution in [0.1, 0.15) is 32.0 Å². The van der Waals surface area contributed by atoms with E-state index < -0.39 is 28.9 Å². The first-order valence-corrected chi connectivity index (χ1v) is 11.7. The molecule has 4 aromatic rings. The van der Waals surface area contributed by atoms with Crippen molar-refractivity contribution in [1.82, 2.24) is 9.55 Å². The van der Waals surface area contributed by atoms with E-state index in [0.29, 0.717) is 24.3 Å². The number of Topliss-reactive ketones (excluding diaryl/α,β-unsaturated/α-hetero) is 1. The maximum atomic E-state index is 14.9. The number of carbonyl (C=O) groups excluding carboxylic acids is 2. The van der Waals surface area contributed by atoms with Gasteiger partial charge in [0.2, 0.25) is 0 Å². The minimum absolute atomic E-state index is 0.0310. The van der Waals surface area contributed by atoms with Crippen LogP contribution in [0.2, 0.25) is 5.02 Å². The van der Waals surface area contributed by atoms with Crippen LogP contribution in [0.5, 0.6) is 17.2 Å². The summed E-state index contributed by atoms with van der Waals surface area (Å²) in [7, 11) is 0. The molecule has 8 nitrogen and oxygen atoms in total. The molecule has 1 aliphatic heterocycles. The third-order valence-electron chi connectivity index (χ3n) is 5.91. The van der Waals surface area contributed by atoms with Crippen LogP contribution in [0, 0.1) is 11.6 Å². The molecule has 0 saturated carbocycles. The summed E-state index contributed by atoms with van der Waals surface area (Å²) in [5.41, 5.74) is 5.54. The van der Waals surface area contributed by atoms with Crippen molar-refractivity contribution in [3.8, 4) is 22.9 Å². The highest BCUT2D eigenvalue weighted by molar-refractivity contribution is 6.34. The van der Waals surface area contributed by atoms with E-state index in [1.165, 1.54) is 53.2 Å². The van der Waals surface area contributed by atoms with E-state index in [1.54, 1.807) is 6.20 Å². The number of aromatic nitrogens is 2. The Hall–Kier alpha value is -4.57. The van der Waals surface area contributed by atoms with Gasteiger partial charge in [-0.15, -0.1) is 0 Å². The van der Waals surface area contributed by atoms with Crippen molar-refractivity contribution >= 4 is 23.3 Å². The Kier molecular flexibility index (Phi) is 6.64. The van der Waals surface area contributed by atoms with Crippen molar-refractivity contribution in [3.05, 3.63) is 110 Å². The van der Waals surface area contributed by atoms with E-state index in [0.717, 1.165) is 6.07 Å². The van der Waals surface area contributed by atoms with Crippen LogP contribution in [-0.4, -0.2) is 27.8 Å². The third kappa shape index (κ3) is 4.73. The molecule has 11 heteroatoms. The van der Waals surface area contributed by atoms with Gasteiger partial charge < -0.3 is 15.2 Å². The minimum atomic E-state index is -0.871. The fourth-order valence-electron chi connectivity index (χ4n) is 4.10. The molecular weight excluding hydrogens is 520 g/mol. The van der Waals surface area contributed by atoms with E-state index in [-0.39, 0.29) is 45.5 Å². The van der Waals surface area contributed by atoms with Crippen LogP contribution in [-0.2, 0) is 12.8 Å². The highest BCUT2D eigenvalue weighted by Gasteiger charge is 2.27. The molecule has 0 unspecified atom stereocenters. The number of ketones is 1. The van der Waals surface area contributed by atoms with Crippen LogP contribution in [0.4, 0.5) is 8.78 Å². The van der Waals surface area contributed by atoms with Gasteiger partial charge in [-0.3, -0.25) is 19.0 Å². The maximum Gasteiger partial charge on any atom is 0.269 e. The Morgan fingerprint density at radius 1 is 1.11 bits per heavy atom. The number of primary amides is 1. The highest BCUT2D eigenvalue weighted by atomic mass is 35.5. The fourth-order valence-corrected chi connectivity index (χ4v) is 4.35. The van der Waals surface area contributed by atoms with Crippen LogP contribution < -0.4 is 20.8 Å². The smallest absolute Gasteiger partial charge is 0.269 e. The quantitative estimate of drug-likeness (QED) is 0.349. The summed E-state index contributed by atoms with van der Waals surface area (Å²) in [6, 6.07) is 10.5. The summed E-state index contributed by atoms with van der Waals surface area (Å²) >= 11 is 6.08. The fraction of sp³-hybridized carbons (Fsp3) is 0.111. The average molecular weight is 538 g/mol. The molecule has 0 aliphatic carbocycles. The van der Waals surface area contributed by atoms with Gasteiger partial charge >= 0.3 is 0 Å². The predicted molar refractivity (Wildman–Crippen MR) is 133 cm³/mol. The average Bonchev–Trinajstić information content (AvgIpc) is 3.34. The zero-order valence-corrected chi connectivity index (χ0v) is 20.3. The van der Waals surface area contributed by atoms with Crippen LogP contribution in [0.25, 0.3) is 5.69 Å². The zero-order valence-electron chi connectivity index (χ0n) is 19.5. The number of hydrogen-bond acceptors (Lipinski definition) is 6. The number of benzene rings is 2. The molecule has 2 aromatic heterocycles. The molecule has 0 atom stereocenters. The van der Waals surface area contributed by atoms with Crippen LogP contribution in [0.3, 0.4) is 0 Å². The number of nitrogens with two attached hydrogens (primary N) is 1. The molecule has 0 saturated heterocycles. The Bertz CT molecular complexity index is 1650. The van der Waals surface area contributed by atoms with Crippen molar-refractivity contribution in [1.29, 1.82) is 0 Å². The molecule has 0 spiro atoms. The number of fused-ring (bicyclic) bond motifs is 1. The van der Waals surface area contributed by atoms with Crippen molar-refractivity contribution in [2.45, 2.75) is 12.8 Å². The van der Waals surface area contributed by atoms with Crippen molar-refractivity contribution in [3.63, 3.8) is 0 Å². The lowest BCUT2D eigenvalue weighted by Gasteiger charge is -2.13. The van der Waals surface area contributed by atoms with Gasteiger partial charge in [0, 0.05) is 42.6 Å². The van der Waals surface area contributed by atoms with Gasteiger partial charge in [-0.2, -0.15) is 0 Å². The van der Waals surface area contributed by atoms with Gasteiger partial charge in [-0.1, -0.05) is 17.7 Å². The minimum Gasteiger partial charge on any atom is -0.492 e. The molecule has 2 aromatic carbocycles. The van der Waals surface area contributed by atoms with Gasteiger partial charge in [0.05, 0.1) is 6.61 Å². The predicted octanol–water partition coefficient (Wildman–Crippen LogP) is 4.42. The van der Waals surface area contributed by atoms with E-state index in [9.17, 15) is 23.2 Å². The number of hydrogen-bond donors (Lipinski definition) is 1. The highest BCUT2D eigenvalue weighted by Crippen LogP contribution is 2.33. The van der Waals surface area contributed by atoms with Gasteiger partial charge in [0.15, 0.2) is 17.3 Å². The Morgan fingerprint density at radius 3 is 2.58 bits per heavy atom. The molecule has 0 bridgehead atoms. The van der Waals surface area contributed by atoms with Gasteiger partial charge in [0.25, 0.3) is 11.5 Å². The molecule has 38 heavy (non-hydrogen) atoms. The number of amides is 1. The molecule has 1 amide bonds. The first-order chi connectivity index (χ1) is 18.2. The number of ether oxygens (including phenoxy) is 2. The molecule has 0 radical (unpaired) electrons. The van der Waals surface area contributed by atoms with Crippen molar-refractivity contribution < 1.29 is 27.8 Å². The van der Waals surface area contributed by atoms with Crippen molar-refractivity contribution in [2.75, 3.05) is 6.61 Å². The van der Waals surface area contributed by atoms with Crippen LogP contribution in [0.15, 0.2) is 65.7 Å². The Labute approximate surface area is 219 Å². The van der Waals surface area contributed by atoms with Crippen molar-refractivity contribution in [2.24, 2.45) is 5.73 Å². The standard InChI is InChI=1S/C27H18ClF2N3O5/c28-23-21(7-9-32-24(23)26(31)35)38-20-6-1-14(11-18(20)30)12-19(34)22-25-15(8-10-37-25)13-33(27(22)36)17-4-2-16(29)3-5-17/h1-7,9,11,13H,8,10,12H2,(H2,31,35). The van der Waals surface area contributed by atoms with Gasteiger partial charge in [-0.05, 0) is 42.0 Å². The topological polar surface area (TPSA) is 114 Å². The molecule has 192 valence electrons. The molecule has 2 N–H and O–H groups in total. The molecular formula is C27H18ClF2N3O5. The van der Waals surface area contributed by atoms with Gasteiger partial charge in [-0.25, -0.2) is 13.8 Å². The molecule has 3 heterocycles. The van der Waals surface area contributed by atoms with Gasteiger partial charge in [0.1, 0.15) is 33.6 Å². The van der Waals surface area contributed by atoms with Crippen LogP contribution >= 0.6 is 11.6 Å². The Morgan fingerprint density at radius 2 is 1.87 bits per heavy atom. The second-order valence-electron chi connectivity index (χ2n) is 8.41. The lowest BCUT2D eigenvalue weighted by Crippen LogP contribution is -2.27. The lowest BCUT2D eigenvalue weighted by atomic mass is 10.0. The van der Waals surface area contributed by atoms with E-state index >= 15 is 0 Å². The van der Waals surface area contributed by atoms with E-state index in [4.69, 9.17) is 26.8 Å². The molecule has 1 aliphatic rings. The molecule has 5 rings (SSSR count). The molecule has 0 fully saturated rings. The number of carbonyl (C=O) groups is 2. The summed E-state index contributed by atoms with van der Waals surface area (Å²) in [4.78, 5) is 41.8. The second kappa shape index (κ2) is 10.1. The zero-order chi connectivity index (χ0) is 27.0. The summed E-state index contributed by atoms with van der Waals surface area (Å²) in [6.45, 7) is 0.304. The summed E-state index contributed by atoms with van der Waals surface area (Å²) < 4.78 is 40.6. The normalized spacial score (nSPS) is 12.1. The maximum absolute atomic E-state index is 14.9. The summed E-state index contributed by atoms with van der Waals surface area (Å²) in [5.74, 6) is -2.75.